The average molecular weight is 337 g/mol. The molecule has 0 bridgehead atoms. The van der Waals surface area contributed by atoms with E-state index in [-0.39, 0.29) is 14.7 Å². The molecule has 0 atom stereocenters. The number of nitriles is 1. The Hall–Kier alpha value is -0.780. The lowest BCUT2D eigenvalue weighted by molar-refractivity contribution is -0.0466. The first kappa shape index (κ1) is 11.7. The third kappa shape index (κ3) is 1.90. The van der Waals surface area contributed by atoms with Gasteiger partial charge in [0, 0.05) is 5.56 Å². The summed E-state index contributed by atoms with van der Waals surface area (Å²) in [5.41, 5.74) is -0.139. The summed E-state index contributed by atoms with van der Waals surface area (Å²) in [6, 6.07) is 2.80. The van der Waals surface area contributed by atoms with Crippen molar-refractivity contribution in [2.75, 3.05) is 13.2 Å². The van der Waals surface area contributed by atoms with Gasteiger partial charge in [0.1, 0.15) is 11.9 Å². The summed E-state index contributed by atoms with van der Waals surface area (Å²) in [6.45, 7) is 0.722. The second kappa shape index (κ2) is 4.61. The Labute approximate surface area is 104 Å². The van der Waals surface area contributed by atoms with Crippen LogP contribution in [0.25, 0.3) is 0 Å². The molecule has 1 aromatic carbocycles. The van der Waals surface area contributed by atoms with Crippen molar-refractivity contribution in [2.45, 2.75) is 6.29 Å². The van der Waals surface area contributed by atoms with E-state index in [0.717, 1.165) is 6.07 Å². The van der Waals surface area contributed by atoms with Gasteiger partial charge in [-0.15, -0.1) is 0 Å². The molecule has 0 radical (unpaired) electrons. The minimum atomic E-state index is -0.846. The molecule has 1 heterocycles. The topological polar surface area (TPSA) is 42.2 Å². The quantitative estimate of drug-likeness (QED) is 0.584. The highest BCUT2D eigenvalue weighted by molar-refractivity contribution is 14.1. The summed E-state index contributed by atoms with van der Waals surface area (Å²) in [6.07, 6.45) is -0.846. The summed E-state index contributed by atoms with van der Waals surface area (Å²) < 4.78 is 37.1. The highest BCUT2D eigenvalue weighted by atomic mass is 127. The summed E-state index contributed by atoms with van der Waals surface area (Å²) in [5, 5.41) is 8.70. The van der Waals surface area contributed by atoms with Gasteiger partial charge in [-0.25, -0.2) is 8.78 Å². The van der Waals surface area contributed by atoms with Crippen LogP contribution in [0, 0.1) is 26.5 Å². The van der Waals surface area contributed by atoms with Crippen LogP contribution in [-0.4, -0.2) is 13.2 Å². The molecule has 2 rings (SSSR count). The highest BCUT2D eigenvalue weighted by Crippen LogP contribution is 2.30. The zero-order valence-electron chi connectivity index (χ0n) is 7.97. The molecular formula is C10H6F2INO2. The first-order valence-electron chi connectivity index (χ1n) is 4.46. The highest BCUT2D eigenvalue weighted by Gasteiger charge is 2.26. The van der Waals surface area contributed by atoms with Gasteiger partial charge >= 0.3 is 0 Å². The molecule has 1 aromatic rings. The first-order valence-corrected chi connectivity index (χ1v) is 5.53. The second-order valence-electron chi connectivity index (χ2n) is 3.14. The van der Waals surface area contributed by atoms with Crippen LogP contribution in [0.5, 0.6) is 0 Å². The fourth-order valence-corrected chi connectivity index (χ4v) is 2.02. The van der Waals surface area contributed by atoms with Crippen LogP contribution >= 0.6 is 22.6 Å². The van der Waals surface area contributed by atoms with E-state index in [1.807, 2.05) is 0 Å². The van der Waals surface area contributed by atoms with Gasteiger partial charge in [-0.2, -0.15) is 5.26 Å². The van der Waals surface area contributed by atoms with Gasteiger partial charge < -0.3 is 9.47 Å². The number of benzene rings is 1. The van der Waals surface area contributed by atoms with Crippen LogP contribution in [0.3, 0.4) is 0 Å². The third-order valence-corrected chi connectivity index (χ3v) is 3.12. The Morgan fingerprint density at radius 3 is 2.50 bits per heavy atom. The fraction of sp³-hybridized carbons (Fsp3) is 0.300. The van der Waals surface area contributed by atoms with E-state index in [1.54, 1.807) is 6.07 Å². The van der Waals surface area contributed by atoms with Crippen LogP contribution in [-0.2, 0) is 9.47 Å². The Kier molecular flexibility index (Phi) is 3.37. The molecule has 0 unspecified atom stereocenters. The van der Waals surface area contributed by atoms with Gasteiger partial charge in [-0.05, 0) is 28.7 Å². The Bertz CT molecular complexity index is 467. The number of rotatable bonds is 1. The minimum Gasteiger partial charge on any atom is -0.346 e. The molecule has 16 heavy (non-hydrogen) atoms. The maximum absolute atomic E-state index is 13.7. The van der Waals surface area contributed by atoms with Crippen molar-refractivity contribution >= 4 is 22.6 Å². The van der Waals surface area contributed by atoms with Crippen LogP contribution < -0.4 is 0 Å². The summed E-state index contributed by atoms with van der Waals surface area (Å²) in [7, 11) is 0. The molecule has 3 nitrogen and oxygen atoms in total. The van der Waals surface area contributed by atoms with Crippen LogP contribution in [0.2, 0.25) is 0 Å². The zero-order valence-corrected chi connectivity index (χ0v) is 10.1. The van der Waals surface area contributed by atoms with Crippen molar-refractivity contribution in [1.29, 1.82) is 5.26 Å². The monoisotopic (exact) mass is 337 g/mol. The summed E-state index contributed by atoms with van der Waals surface area (Å²) in [4.78, 5) is 0. The molecule has 0 spiro atoms. The lowest BCUT2D eigenvalue weighted by atomic mass is 10.1. The smallest absolute Gasteiger partial charge is 0.186 e. The Morgan fingerprint density at radius 1 is 1.31 bits per heavy atom. The molecular weight excluding hydrogens is 331 g/mol. The number of hydrogen-bond donors (Lipinski definition) is 0. The van der Waals surface area contributed by atoms with E-state index in [2.05, 4.69) is 0 Å². The molecule has 1 aliphatic rings. The van der Waals surface area contributed by atoms with Gasteiger partial charge in [0.2, 0.25) is 0 Å². The number of halogens is 3. The van der Waals surface area contributed by atoms with E-state index < -0.39 is 17.9 Å². The normalized spacial score (nSPS) is 16.4. The minimum absolute atomic E-state index is 0.0693. The zero-order chi connectivity index (χ0) is 11.7. The second-order valence-corrected chi connectivity index (χ2v) is 4.22. The molecule has 1 aliphatic heterocycles. The van der Waals surface area contributed by atoms with Crippen molar-refractivity contribution < 1.29 is 18.3 Å². The summed E-state index contributed by atoms with van der Waals surface area (Å²) >= 11 is 1.52. The van der Waals surface area contributed by atoms with E-state index in [4.69, 9.17) is 14.7 Å². The molecule has 6 heteroatoms. The molecule has 0 amide bonds. The van der Waals surface area contributed by atoms with E-state index >= 15 is 0 Å². The predicted molar refractivity (Wildman–Crippen MR) is 58.4 cm³/mol. The van der Waals surface area contributed by atoms with Crippen LogP contribution in [0.1, 0.15) is 17.4 Å². The first-order chi connectivity index (χ1) is 7.65. The van der Waals surface area contributed by atoms with Crippen molar-refractivity contribution in [3.05, 3.63) is 32.4 Å². The molecule has 84 valence electrons. The molecule has 0 saturated carbocycles. The van der Waals surface area contributed by atoms with Crippen molar-refractivity contribution in [3.8, 4) is 6.07 Å². The lowest BCUT2D eigenvalue weighted by Gasteiger charge is -2.12. The molecule has 1 saturated heterocycles. The van der Waals surface area contributed by atoms with E-state index in [0.29, 0.717) is 13.2 Å². The molecule has 0 N–H and O–H groups in total. The maximum atomic E-state index is 13.7. The van der Waals surface area contributed by atoms with Crippen molar-refractivity contribution in [2.24, 2.45) is 0 Å². The van der Waals surface area contributed by atoms with Gasteiger partial charge in [-0.3, -0.25) is 0 Å². The van der Waals surface area contributed by atoms with E-state index in [9.17, 15) is 8.78 Å². The molecule has 0 aromatic heterocycles. The van der Waals surface area contributed by atoms with Gasteiger partial charge in [0.05, 0.1) is 22.3 Å². The number of hydrogen-bond acceptors (Lipinski definition) is 3. The maximum Gasteiger partial charge on any atom is 0.186 e. The lowest BCUT2D eigenvalue weighted by Crippen LogP contribution is -2.06. The molecule has 1 fully saturated rings. The Balaban J connectivity index is 2.53. The largest absolute Gasteiger partial charge is 0.346 e. The predicted octanol–water partition coefficient (Wildman–Crippen LogP) is 2.49. The van der Waals surface area contributed by atoms with E-state index in [1.165, 1.54) is 22.6 Å². The SMILES string of the molecule is N#Cc1cc(C2OCCO2)c(F)c(I)c1F. The van der Waals surface area contributed by atoms with Gasteiger partial charge in [0.25, 0.3) is 0 Å². The Morgan fingerprint density at radius 2 is 1.94 bits per heavy atom. The number of nitrogens with zero attached hydrogens (tertiary/aromatic N) is 1. The molecule has 0 aliphatic carbocycles. The van der Waals surface area contributed by atoms with Crippen molar-refractivity contribution in [3.63, 3.8) is 0 Å². The fourth-order valence-electron chi connectivity index (χ4n) is 1.41. The van der Waals surface area contributed by atoms with Gasteiger partial charge in [0.15, 0.2) is 12.1 Å². The van der Waals surface area contributed by atoms with Gasteiger partial charge in [-0.1, -0.05) is 0 Å². The average Bonchev–Trinajstić information content (AvgIpc) is 2.80. The number of ether oxygens (including phenoxy) is 2. The standard InChI is InChI=1S/C10H6F2INO2/c11-7-5(4-14)3-6(8(12)9(7)13)10-15-1-2-16-10/h3,10H,1-2H2. The van der Waals surface area contributed by atoms with Crippen LogP contribution in [0.4, 0.5) is 8.78 Å². The van der Waals surface area contributed by atoms with Crippen LogP contribution in [0.15, 0.2) is 6.07 Å². The summed E-state index contributed by atoms with van der Waals surface area (Å²) in [5.74, 6) is -1.58. The third-order valence-electron chi connectivity index (χ3n) is 2.17. The van der Waals surface area contributed by atoms with Crippen molar-refractivity contribution in [1.82, 2.24) is 0 Å².